The minimum atomic E-state index is 0.0297. The van der Waals surface area contributed by atoms with Crippen LogP contribution in [0.2, 0.25) is 5.02 Å². The van der Waals surface area contributed by atoms with Gasteiger partial charge >= 0.3 is 0 Å². The fraction of sp³-hybridized carbons (Fsp3) is 0.350. The molecular formula is C20H24ClN3O2. The van der Waals surface area contributed by atoms with E-state index in [2.05, 4.69) is 10.2 Å². The fourth-order valence-corrected chi connectivity index (χ4v) is 3.16. The summed E-state index contributed by atoms with van der Waals surface area (Å²) in [4.78, 5) is 16.6. The second-order valence-electron chi connectivity index (χ2n) is 6.32. The summed E-state index contributed by atoms with van der Waals surface area (Å²) in [5.74, 6) is 0.728. The van der Waals surface area contributed by atoms with Gasteiger partial charge in [0.05, 0.1) is 5.69 Å². The van der Waals surface area contributed by atoms with Crippen molar-refractivity contribution in [3.05, 3.63) is 59.1 Å². The van der Waals surface area contributed by atoms with Gasteiger partial charge in [-0.15, -0.1) is 0 Å². The molecule has 1 amide bonds. The Morgan fingerprint density at radius 1 is 1.08 bits per heavy atom. The van der Waals surface area contributed by atoms with E-state index in [0.717, 1.165) is 43.4 Å². The summed E-state index contributed by atoms with van der Waals surface area (Å²) in [5.41, 5.74) is 2.12. The lowest BCUT2D eigenvalue weighted by Crippen LogP contribution is -2.49. The van der Waals surface area contributed by atoms with Crippen molar-refractivity contribution in [2.45, 2.75) is 6.54 Å². The number of piperazine rings is 1. The van der Waals surface area contributed by atoms with Crippen molar-refractivity contribution in [2.75, 3.05) is 45.2 Å². The molecule has 1 heterocycles. The lowest BCUT2D eigenvalue weighted by Gasteiger charge is -2.34. The van der Waals surface area contributed by atoms with Gasteiger partial charge in [-0.25, -0.2) is 0 Å². The van der Waals surface area contributed by atoms with E-state index < -0.39 is 0 Å². The summed E-state index contributed by atoms with van der Waals surface area (Å²) < 4.78 is 5.70. The molecule has 0 unspecified atom stereocenters. The summed E-state index contributed by atoms with van der Waals surface area (Å²) in [5, 5.41) is 3.82. The first kappa shape index (κ1) is 18.5. The quantitative estimate of drug-likeness (QED) is 0.845. The van der Waals surface area contributed by atoms with Crippen LogP contribution in [0.4, 0.5) is 5.69 Å². The van der Waals surface area contributed by atoms with Crippen LogP contribution in [0.15, 0.2) is 48.5 Å². The summed E-state index contributed by atoms with van der Waals surface area (Å²) in [6.45, 7) is 4.12. The third-order valence-electron chi connectivity index (χ3n) is 4.55. The molecule has 0 aromatic heterocycles. The number of carbonyl (C=O) groups is 1. The maximum Gasteiger partial charge on any atom is 0.260 e. The Labute approximate surface area is 159 Å². The summed E-state index contributed by atoms with van der Waals surface area (Å²) >= 11 is 5.93. The largest absolute Gasteiger partial charge is 0.482 e. The molecule has 1 fully saturated rings. The SMILES string of the molecule is CNc1ccccc1OCC(=O)N1CCN(Cc2ccc(Cl)cc2)CC1. The molecule has 2 aromatic rings. The van der Waals surface area contributed by atoms with Gasteiger partial charge in [-0.2, -0.15) is 0 Å². The van der Waals surface area contributed by atoms with Gasteiger partial charge in [0.25, 0.3) is 5.91 Å². The van der Waals surface area contributed by atoms with E-state index in [4.69, 9.17) is 16.3 Å². The van der Waals surface area contributed by atoms with Gasteiger partial charge in [0, 0.05) is 44.8 Å². The number of nitrogens with zero attached hydrogens (tertiary/aromatic N) is 2. The van der Waals surface area contributed by atoms with Crippen LogP contribution in [0.5, 0.6) is 5.75 Å². The summed E-state index contributed by atoms with van der Waals surface area (Å²) in [7, 11) is 1.84. The lowest BCUT2D eigenvalue weighted by atomic mass is 10.2. The van der Waals surface area contributed by atoms with Gasteiger partial charge in [-0.05, 0) is 29.8 Å². The highest BCUT2D eigenvalue weighted by atomic mass is 35.5. The molecule has 0 aliphatic carbocycles. The van der Waals surface area contributed by atoms with Crippen LogP contribution in [-0.4, -0.2) is 55.5 Å². The number of rotatable bonds is 6. The van der Waals surface area contributed by atoms with Crippen molar-refractivity contribution in [1.82, 2.24) is 9.80 Å². The van der Waals surface area contributed by atoms with Crippen molar-refractivity contribution < 1.29 is 9.53 Å². The molecule has 0 spiro atoms. The zero-order valence-electron chi connectivity index (χ0n) is 15.0. The molecule has 1 aliphatic rings. The van der Waals surface area contributed by atoms with Gasteiger partial charge in [-0.3, -0.25) is 9.69 Å². The molecule has 0 atom stereocenters. The number of anilines is 1. The number of nitrogens with one attached hydrogen (secondary N) is 1. The molecule has 26 heavy (non-hydrogen) atoms. The maximum absolute atomic E-state index is 12.4. The second kappa shape index (κ2) is 8.92. The topological polar surface area (TPSA) is 44.8 Å². The predicted molar refractivity (Wildman–Crippen MR) is 105 cm³/mol. The van der Waals surface area contributed by atoms with Gasteiger partial charge < -0.3 is 15.0 Å². The van der Waals surface area contributed by atoms with E-state index >= 15 is 0 Å². The number of hydrogen-bond donors (Lipinski definition) is 1. The Hall–Kier alpha value is -2.24. The molecule has 0 bridgehead atoms. The van der Waals surface area contributed by atoms with Gasteiger partial charge in [0.15, 0.2) is 6.61 Å². The minimum Gasteiger partial charge on any atom is -0.482 e. The van der Waals surface area contributed by atoms with E-state index in [1.165, 1.54) is 5.56 Å². The predicted octanol–water partition coefficient (Wildman–Crippen LogP) is 3.10. The number of ether oxygens (including phenoxy) is 1. The molecule has 5 nitrogen and oxygen atoms in total. The monoisotopic (exact) mass is 373 g/mol. The van der Waals surface area contributed by atoms with Crippen molar-refractivity contribution in [3.8, 4) is 5.75 Å². The highest BCUT2D eigenvalue weighted by Gasteiger charge is 2.21. The van der Waals surface area contributed by atoms with Crippen LogP contribution in [0.25, 0.3) is 0 Å². The molecule has 2 aromatic carbocycles. The minimum absolute atomic E-state index is 0.0297. The van der Waals surface area contributed by atoms with Crippen LogP contribution in [0.3, 0.4) is 0 Å². The number of hydrogen-bond acceptors (Lipinski definition) is 4. The number of para-hydroxylation sites is 2. The Morgan fingerprint density at radius 3 is 2.46 bits per heavy atom. The third kappa shape index (κ3) is 4.90. The molecular weight excluding hydrogens is 350 g/mol. The molecule has 3 rings (SSSR count). The molecule has 138 valence electrons. The molecule has 6 heteroatoms. The maximum atomic E-state index is 12.4. The Bertz CT molecular complexity index is 728. The summed E-state index contributed by atoms with van der Waals surface area (Å²) in [6, 6.07) is 15.5. The highest BCUT2D eigenvalue weighted by molar-refractivity contribution is 6.30. The van der Waals surface area contributed by atoms with Crippen LogP contribution < -0.4 is 10.1 Å². The fourth-order valence-electron chi connectivity index (χ4n) is 3.03. The average molecular weight is 374 g/mol. The molecule has 0 radical (unpaired) electrons. The second-order valence-corrected chi connectivity index (χ2v) is 6.75. The van der Waals surface area contributed by atoms with Crippen LogP contribution >= 0.6 is 11.6 Å². The molecule has 1 aliphatic heterocycles. The van der Waals surface area contributed by atoms with E-state index in [-0.39, 0.29) is 12.5 Å². The first-order valence-electron chi connectivity index (χ1n) is 8.80. The zero-order chi connectivity index (χ0) is 18.4. The lowest BCUT2D eigenvalue weighted by molar-refractivity contribution is -0.135. The summed E-state index contributed by atoms with van der Waals surface area (Å²) in [6.07, 6.45) is 0. The number of halogens is 1. The highest BCUT2D eigenvalue weighted by Crippen LogP contribution is 2.23. The van der Waals surface area contributed by atoms with Crippen LogP contribution in [-0.2, 0) is 11.3 Å². The first-order valence-corrected chi connectivity index (χ1v) is 9.17. The van der Waals surface area contributed by atoms with Crippen molar-refractivity contribution >= 4 is 23.2 Å². The van der Waals surface area contributed by atoms with Gasteiger partial charge in [0.1, 0.15) is 5.75 Å². The molecule has 1 saturated heterocycles. The standard InChI is InChI=1S/C20H24ClN3O2/c1-22-18-4-2-3-5-19(18)26-15-20(25)24-12-10-23(11-13-24)14-16-6-8-17(21)9-7-16/h2-9,22H,10-15H2,1H3. The van der Waals surface area contributed by atoms with Crippen LogP contribution in [0, 0.1) is 0 Å². The van der Waals surface area contributed by atoms with E-state index in [0.29, 0.717) is 5.75 Å². The van der Waals surface area contributed by atoms with E-state index in [9.17, 15) is 4.79 Å². The van der Waals surface area contributed by atoms with Crippen molar-refractivity contribution in [1.29, 1.82) is 0 Å². The molecule has 0 saturated carbocycles. The van der Waals surface area contributed by atoms with Gasteiger partial charge in [-0.1, -0.05) is 35.9 Å². The number of amides is 1. The first-order chi connectivity index (χ1) is 12.7. The Kier molecular flexibility index (Phi) is 6.36. The smallest absolute Gasteiger partial charge is 0.260 e. The van der Waals surface area contributed by atoms with E-state index in [1.807, 2.05) is 60.5 Å². The van der Waals surface area contributed by atoms with Crippen LogP contribution in [0.1, 0.15) is 5.56 Å². The Morgan fingerprint density at radius 2 is 1.77 bits per heavy atom. The number of benzene rings is 2. The van der Waals surface area contributed by atoms with Crippen molar-refractivity contribution in [2.24, 2.45) is 0 Å². The van der Waals surface area contributed by atoms with Crippen molar-refractivity contribution in [3.63, 3.8) is 0 Å². The van der Waals surface area contributed by atoms with Gasteiger partial charge in [0.2, 0.25) is 0 Å². The average Bonchev–Trinajstić information content (AvgIpc) is 2.68. The third-order valence-corrected chi connectivity index (χ3v) is 4.80. The molecule has 1 N–H and O–H groups in total. The van der Waals surface area contributed by atoms with E-state index in [1.54, 1.807) is 0 Å². The zero-order valence-corrected chi connectivity index (χ0v) is 15.7. The number of carbonyl (C=O) groups excluding carboxylic acids is 1. The normalized spacial score (nSPS) is 14.9. The Balaban J connectivity index is 1.45.